The van der Waals surface area contributed by atoms with E-state index in [1.54, 1.807) is 6.20 Å². The third-order valence-corrected chi connectivity index (χ3v) is 3.11. The first-order valence-electron chi connectivity index (χ1n) is 6.31. The maximum Gasteiger partial charge on any atom is 0.381 e. The Kier molecular flexibility index (Phi) is 3.12. The highest BCUT2D eigenvalue weighted by atomic mass is 16.5. The van der Waals surface area contributed by atoms with Gasteiger partial charge in [-0.05, 0) is 12.1 Å². The molecule has 1 fully saturated rings. The van der Waals surface area contributed by atoms with E-state index in [1.807, 2.05) is 35.5 Å². The van der Waals surface area contributed by atoms with Crippen LogP contribution in [-0.4, -0.2) is 75.8 Å². The Labute approximate surface area is 111 Å². The van der Waals surface area contributed by atoms with E-state index in [0.717, 1.165) is 37.8 Å². The zero-order chi connectivity index (χ0) is 13.2. The molecule has 0 unspecified atom stereocenters. The molecule has 0 N–H and O–H groups in total. The standard InChI is InChI=1S/C12H17N6O/c1-16(2)12(17-6-8-19-9-7-17)18-10-4-3-5-13-11(10)14-15-18/h3-5H,6-9H2,1-2H3/q+1. The highest BCUT2D eigenvalue weighted by Crippen LogP contribution is 2.09. The van der Waals surface area contributed by atoms with E-state index in [-0.39, 0.29) is 0 Å². The van der Waals surface area contributed by atoms with Crippen molar-refractivity contribution in [2.45, 2.75) is 0 Å². The van der Waals surface area contributed by atoms with Gasteiger partial charge in [0.25, 0.3) is 0 Å². The van der Waals surface area contributed by atoms with Crippen LogP contribution in [0.1, 0.15) is 0 Å². The summed E-state index contributed by atoms with van der Waals surface area (Å²) in [6.07, 6.45) is 1.73. The van der Waals surface area contributed by atoms with E-state index < -0.39 is 0 Å². The fourth-order valence-electron chi connectivity index (χ4n) is 2.28. The number of rotatable bonds is 0. The molecule has 0 saturated carbocycles. The predicted molar refractivity (Wildman–Crippen MR) is 70.2 cm³/mol. The molecule has 7 nitrogen and oxygen atoms in total. The molecule has 3 rings (SSSR count). The molecule has 0 amide bonds. The molecule has 0 atom stereocenters. The predicted octanol–water partition coefficient (Wildman–Crippen LogP) is -0.365. The monoisotopic (exact) mass is 261 g/mol. The third kappa shape index (κ3) is 2.17. The fraction of sp³-hybridized carbons (Fsp3) is 0.500. The van der Waals surface area contributed by atoms with E-state index in [1.165, 1.54) is 0 Å². The van der Waals surface area contributed by atoms with Crippen LogP contribution < -0.4 is 0 Å². The number of hydrogen-bond acceptors (Lipinski definition) is 4. The van der Waals surface area contributed by atoms with Crippen LogP contribution in [0.4, 0.5) is 0 Å². The van der Waals surface area contributed by atoms with Gasteiger partial charge in [-0.2, -0.15) is 0 Å². The van der Waals surface area contributed by atoms with Gasteiger partial charge in [-0.1, -0.05) is 9.78 Å². The van der Waals surface area contributed by atoms with E-state index in [9.17, 15) is 0 Å². The molecule has 0 radical (unpaired) electrons. The molecule has 1 saturated heterocycles. The maximum absolute atomic E-state index is 5.40. The number of ether oxygens (including phenoxy) is 1. The van der Waals surface area contributed by atoms with Gasteiger partial charge in [-0.15, -0.1) is 0 Å². The van der Waals surface area contributed by atoms with Gasteiger partial charge in [-0.3, -0.25) is 9.48 Å². The highest BCUT2D eigenvalue weighted by Gasteiger charge is 2.28. The van der Waals surface area contributed by atoms with Crippen molar-refractivity contribution < 1.29 is 9.31 Å². The summed E-state index contributed by atoms with van der Waals surface area (Å²) in [6, 6.07) is 3.88. The Morgan fingerprint density at radius 1 is 1.32 bits per heavy atom. The third-order valence-electron chi connectivity index (χ3n) is 3.11. The molecule has 2 aromatic rings. The molecular weight excluding hydrogens is 244 g/mol. The van der Waals surface area contributed by atoms with Crippen molar-refractivity contribution >= 4 is 17.1 Å². The molecule has 19 heavy (non-hydrogen) atoms. The van der Waals surface area contributed by atoms with Gasteiger partial charge >= 0.3 is 5.96 Å². The van der Waals surface area contributed by atoms with Crippen molar-refractivity contribution in [1.82, 2.24) is 24.9 Å². The van der Waals surface area contributed by atoms with Crippen molar-refractivity contribution in [1.29, 1.82) is 0 Å². The van der Waals surface area contributed by atoms with Crippen LogP contribution in [0.2, 0.25) is 0 Å². The summed E-state index contributed by atoms with van der Waals surface area (Å²) < 4.78 is 9.29. The van der Waals surface area contributed by atoms with Gasteiger partial charge < -0.3 is 4.74 Å². The Bertz CT molecular complexity index is 609. The minimum Gasteiger partial charge on any atom is -0.375 e. The molecule has 0 spiro atoms. The molecule has 0 aromatic carbocycles. The second-order valence-electron chi connectivity index (χ2n) is 4.64. The summed E-state index contributed by atoms with van der Waals surface area (Å²) in [5.74, 6) is 0.999. The van der Waals surface area contributed by atoms with Crippen molar-refractivity contribution in [3.63, 3.8) is 0 Å². The zero-order valence-electron chi connectivity index (χ0n) is 11.2. The van der Waals surface area contributed by atoms with Crippen LogP contribution in [0, 0.1) is 0 Å². The zero-order valence-corrected chi connectivity index (χ0v) is 11.2. The van der Waals surface area contributed by atoms with Gasteiger partial charge in [0, 0.05) is 11.4 Å². The van der Waals surface area contributed by atoms with Crippen LogP contribution in [0.15, 0.2) is 18.3 Å². The van der Waals surface area contributed by atoms with Crippen molar-refractivity contribution in [2.75, 3.05) is 40.4 Å². The molecule has 0 bridgehead atoms. The van der Waals surface area contributed by atoms with E-state index >= 15 is 0 Å². The average molecular weight is 261 g/mol. The number of pyridine rings is 1. The SMILES string of the molecule is C[N+](C)=C(N1CCOCC1)n1nnc2ncccc21. The summed E-state index contributed by atoms with van der Waals surface area (Å²) in [4.78, 5) is 6.47. The smallest absolute Gasteiger partial charge is 0.375 e. The average Bonchev–Trinajstić information content (AvgIpc) is 2.84. The van der Waals surface area contributed by atoms with E-state index in [2.05, 4.69) is 20.2 Å². The Morgan fingerprint density at radius 2 is 2.11 bits per heavy atom. The van der Waals surface area contributed by atoms with Gasteiger partial charge in [-0.25, -0.2) is 4.98 Å². The fourth-order valence-corrected chi connectivity index (χ4v) is 2.28. The molecule has 7 heteroatoms. The normalized spacial score (nSPS) is 15.8. The van der Waals surface area contributed by atoms with Gasteiger partial charge in [0.2, 0.25) is 5.65 Å². The lowest BCUT2D eigenvalue weighted by atomic mass is 10.4. The Balaban J connectivity index is 2.08. The summed E-state index contributed by atoms with van der Waals surface area (Å²) in [5, 5.41) is 8.35. The second-order valence-corrected chi connectivity index (χ2v) is 4.64. The molecule has 0 aliphatic carbocycles. The second kappa shape index (κ2) is 4.93. The number of aromatic nitrogens is 4. The van der Waals surface area contributed by atoms with Crippen LogP contribution in [-0.2, 0) is 4.74 Å². The molecule has 1 aliphatic rings. The minimum atomic E-state index is 0.662. The number of morpholine rings is 1. The van der Waals surface area contributed by atoms with Crippen molar-refractivity contribution in [3.05, 3.63) is 18.3 Å². The van der Waals surface area contributed by atoms with Crippen molar-refractivity contribution in [3.8, 4) is 0 Å². The Hall–Kier alpha value is -2.02. The summed E-state index contributed by atoms with van der Waals surface area (Å²) >= 11 is 0. The minimum absolute atomic E-state index is 0.662. The summed E-state index contributed by atoms with van der Waals surface area (Å²) in [7, 11) is 4.02. The number of nitrogens with zero attached hydrogens (tertiary/aromatic N) is 6. The van der Waals surface area contributed by atoms with Crippen LogP contribution >= 0.6 is 0 Å². The first kappa shape index (κ1) is 12.0. The maximum atomic E-state index is 5.40. The topological polar surface area (TPSA) is 59.1 Å². The van der Waals surface area contributed by atoms with Gasteiger partial charge in [0.15, 0.2) is 5.52 Å². The summed E-state index contributed by atoms with van der Waals surface area (Å²) in [6.45, 7) is 3.19. The van der Waals surface area contributed by atoms with Crippen LogP contribution in [0.25, 0.3) is 11.2 Å². The number of fused-ring (bicyclic) bond motifs is 1. The molecule has 1 aliphatic heterocycles. The quantitative estimate of drug-likeness (QED) is 0.368. The molecule has 2 aromatic heterocycles. The van der Waals surface area contributed by atoms with E-state index in [0.29, 0.717) is 5.65 Å². The number of hydrogen-bond donors (Lipinski definition) is 0. The van der Waals surface area contributed by atoms with Crippen LogP contribution in [0.3, 0.4) is 0 Å². The van der Waals surface area contributed by atoms with Gasteiger partial charge in [0.05, 0.1) is 40.4 Å². The first-order valence-corrected chi connectivity index (χ1v) is 6.31. The molecule has 100 valence electrons. The Morgan fingerprint density at radius 3 is 2.84 bits per heavy atom. The lowest BCUT2D eigenvalue weighted by Gasteiger charge is -2.24. The lowest BCUT2D eigenvalue weighted by Crippen LogP contribution is -2.47. The van der Waals surface area contributed by atoms with Crippen LogP contribution in [0.5, 0.6) is 0 Å². The summed E-state index contributed by atoms with van der Waals surface area (Å²) in [5.41, 5.74) is 1.58. The van der Waals surface area contributed by atoms with Gasteiger partial charge in [0.1, 0.15) is 0 Å². The first-order chi connectivity index (χ1) is 9.27. The van der Waals surface area contributed by atoms with Crippen molar-refractivity contribution in [2.24, 2.45) is 0 Å². The van der Waals surface area contributed by atoms with E-state index in [4.69, 9.17) is 4.74 Å². The highest BCUT2D eigenvalue weighted by molar-refractivity contribution is 5.86. The largest absolute Gasteiger partial charge is 0.381 e. The molecule has 3 heterocycles. The lowest BCUT2D eigenvalue weighted by molar-refractivity contribution is -0.473. The molecular formula is C12H17N6O+.